The Bertz CT molecular complexity index is 1290. The molecule has 0 atom stereocenters. The Morgan fingerprint density at radius 1 is 0.941 bits per heavy atom. The second-order valence-corrected chi connectivity index (χ2v) is 10.4. The van der Waals surface area contributed by atoms with Gasteiger partial charge in [0.05, 0.1) is 24.7 Å². The molecule has 178 valence electrons. The van der Waals surface area contributed by atoms with Crippen molar-refractivity contribution >= 4 is 10.0 Å². The molecule has 0 amide bonds. The van der Waals surface area contributed by atoms with Crippen LogP contribution in [0.5, 0.6) is 5.75 Å². The van der Waals surface area contributed by atoms with Crippen molar-refractivity contribution < 1.29 is 22.3 Å². The third-order valence-corrected chi connectivity index (χ3v) is 7.98. The molecule has 3 aromatic rings. The average molecular weight is 483 g/mol. The van der Waals surface area contributed by atoms with Crippen LogP contribution in [-0.2, 0) is 41.0 Å². The number of hydrogen-bond donors (Lipinski definition) is 0. The molecule has 1 aromatic heterocycles. The van der Waals surface area contributed by atoms with E-state index in [2.05, 4.69) is 17.0 Å². The molecule has 0 saturated carbocycles. The van der Waals surface area contributed by atoms with Gasteiger partial charge in [-0.05, 0) is 28.8 Å². The molecule has 2 aromatic carbocycles. The van der Waals surface area contributed by atoms with Crippen LogP contribution in [0.25, 0.3) is 0 Å². The smallest absolute Gasteiger partial charge is 0.243 e. The van der Waals surface area contributed by atoms with Crippen LogP contribution in [0.2, 0.25) is 0 Å². The van der Waals surface area contributed by atoms with Crippen molar-refractivity contribution in [1.29, 1.82) is 0 Å². The summed E-state index contributed by atoms with van der Waals surface area (Å²) in [5.74, 6) is 0.710. The second-order valence-electron chi connectivity index (χ2n) is 8.44. The van der Waals surface area contributed by atoms with Crippen molar-refractivity contribution in [2.24, 2.45) is 0 Å². The minimum atomic E-state index is -3.54. The van der Waals surface area contributed by atoms with Crippen LogP contribution in [0.4, 0.5) is 0 Å². The quantitative estimate of drug-likeness (QED) is 0.512. The van der Waals surface area contributed by atoms with Crippen molar-refractivity contribution in [1.82, 2.24) is 9.21 Å². The summed E-state index contributed by atoms with van der Waals surface area (Å²) in [5, 5.41) is 0. The van der Waals surface area contributed by atoms with E-state index < -0.39 is 10.0 Å². The molecular weight excluding hydrogens is 456 g/mol. The normalized spacial score (nSPS) is 16.9. The Kier molecular flexibility index (Phi) is 6.51. The zero-order valence-corrected chi connectivity index (χ0v) is 19.5. The van der Waals surface area contributed by atoms with Crippen LogP contribution in [-0.4, -0.2) is 43.9 Å². The zero-order chi connectivity index (χ0) is 23.5. The molecule has 2 aliphatic heterocycles. The maximum absolute atomic E-state index is 12.7. The summed E-state index contributed by atoms with van der Waals surface area (Å²) < 4.78 is 43.4. The number of sulfonamides is 1. The molecule has 1 fully saturated rings. The summed E-state index contributed by atoms with van der Waals surface area (Å²) >= 11 is 0. The van der Waals surface area contributed by atoms with Crippen LogP contribution in [0.15, 0.2) is 75.0 Å². The summed E-state index contributed by atoms with van der Waals surface area (Å²) in [6.07, 6.45) is 1.35. The van der Waals surface area contributed by atoms with E-state index in [4.69, 9.17) is 13.9 Å². The fraction of sp³-hybridized carbons (Fsp3) is 0.320. The minimum absolute atomic E-state index is 0.124. The third-order valence-electron chi connectivity index (χ3n) is 6.06. The van der Waals surface area contributed by atoms with Gasteiger partial charge in [-0.3, -0.25) is 9.69 Å². The number of benzene rings is 2. The van der Waals surface area contributed by atoms with Gasteiger partial charge in [-0.2, -0.15) is 4.31 Å². The fourth-order valence-corrected chi connectivity index (χ4v) is 5.63. The van der Waals surface area contributed by atoms with Crippen LogP contribution < -0.4 is 10.2 Å². The van der Waals surface area contributed by atoms with Gasteiger partial charge in [0, 0.05) is 32.2 Å². The Hall–Kier alpha value is -2.98. The lowest BCUT2D eigenvalue weighted by atomic mass is 10.1. The van der Waals surface area contributed by atoms with E-state index in [9.17, 15) is 13.2 Å². The van der Waals surface area contributed by atoms with Crippen LogP contribution in [0.3, 0.4) is 0 Å². The lowest BCUT2D eigenvalue weighted by Crippen LogP contribution is -2.40. The number of hydrogen-bond acceptors (Lipinski definition) is 7. The molecule has 0 aliphatic carbocycles. The summed E-state index contributed by atoms with van der Waals surface area (Å²) in [6, 6.07) is 16.3. The number of rotatable bonds is 7. The first-order valence-electron chi connectivity index (χ1n) is 11.2. The SMILES string of the molecule is O=c1cc(CN2Cc3ccccc3C2)occ1OCc1ccc(S(=O)(=O)N2CCOCC2)cc1. The molecule has 3 heterocycles. The third kappa shape index (κ3) is 4.92. The molecule has 9 heteroatoms. The van der Waals surface area contributed by atoms with E-state index in [1.807, 2.05) is 12.1 Å². The first-order chi connectivity index (χ1) is 16.5. The maximum Gasteiger partial charge on any atom is 0.243 e. The molecule has 8 nitrogen and oxygen atoms in total. The summed E-state index contributed by atoms with van der Waals surface area (Å²) in [6.45, 7) is 3.83. The summed E-state index contributed by atoms with van der Waals surface area (Å²) in [7, 11) is -3.54. The number of fused-ring (bicyclic) bond motifs is 1. The minimum Gasteiger partial charge on any atom is -0.482 e. The van der Waals surface area contributed by atoms with Gasteiger partial charge < -0.3 is 13.9 Å². The van der Waals surface area contributed by atoms with Crippen molar-refractivity contribution in [2.75, 3.05) is 26.3 Å². The predicted molar refractivity (Wildman–Crippen MR) is 125 cm³/mol. The van der Waals surface area contributed by atoms with E-state index in [1.165, 1.54) is 27.8 Å². The van der Waals surface area contributed by atoms with Gasteiger partial charge in [-0.15, -0.1) is 0 Å². The van der Waals surface area contributed by atoms with Gasteiger partial charge in [-0.25, -0.2) is 8.42 Å². The van der Waals surface area contributed by atoms with E-state index in [-0.39, 0.29) is 22.7 Å². The highest BCUT2D eigenvalue weighted by Crippen LogP contribution is 2.24. The molecule has 34 heavy (non-hydrogen) atoms. The molecule has 0 N–H and O–H groups in total. The predicted octanol–water partition coefficient (Wildman–Crippen LogP) is 2.76. The van der Waals surface area contributed by atoms with Crippen LogP contribution >= 0.6 is 0 Å². The highest BCUT2D eigenvalue weighted by Gasteiger charge is 2.26. The van der Waals surface area contributed by atoms with Gasteiger partial charge in [0.25, 0.3) is 0 Å². The number of morpholine rings is 1. The lowest BCUT2D eigenvalue weighted by molar-refractivity contribution is 0.0730. The van der Waals surface area contributed by atoms with E-state index in [0.29, 0.717) is 38.6 Å². The zero-order valence-electron chi connectivity index (χ0n) is 18.7. The molecule has 5 rings (SSSR count). The maximum atomic E-state index is 12.7. The van der Waals surface area contributed by atoms with Crippen LogP contribution in [0.1, 0.15) is 22.5 Å². The summed E-state index contributed by atoms with van der Waals surface area (Å²) in [4.78, 5) is 15.0. The van der Waals surface area contributed by atoms with Gasteiger partial charge in [0.2, 0.25) is 21.2 Å². The molecule has 0 spiro atoms. The second kappa shape index (κ2) is 9.71. The molecule has 0 radical (unpaired) electrons. The lowest BCUT2D eigenvalue weighted by Gasteiger charge is -2.26. The molecule has 2 aliphatic rings. The molecular formula is C25H26N2O6S. The monoisotopic (exact) mass is 482 g/mol. The van der Waals surface area contributed by atoms with Gasteiger partial charge in [0.1, 0.15) is 18.6 Å². The highest BCUT2D eigenvalue weighted by atomic mass is 32.2. The Morgan fingerprint density at radius 3 is 2.26 bits per heavy atom. The van der Waals surface area contributed by atoms with Crippen molar-refractivity contribution in [2.45, 2.75) is 31.1 Å². The van der Waals surface area contributed by atoms with Crippen LogP contribution in [0, 0.1) is 0 Å². The first kappa shape index (κ1) is 22.8. The van der Waals surface area contributed by atoms with E-state index >= 15 is 0 Å². The molecule has 1 saturated heterocycles. The Balaban J connectivity index is 1.18. The van der Waals surface area contributed by atoms with Gasteiger partial charge >= 0.3 is 0 Å². The Labute approximate surface area is 198 Å². The number of ether oxygens (including phenoxy) is 2. The summed E-state index contributed by atoms with van der Waals surface area (Å²) in [5.41, 5.74) is 3.10. The van der Waals surface area contributed by atoms with Gasteiger partial charge in [-0.1, -0.05) is 36.4 Å². The van der Waals surface area contributed by atoms with Crippen molar-refractivity contribution in [3.8, 4) is 5.75 Å². The van der Waals surface area contributed by atoms with E-state index in [0.717, 1.165) is 18.7 Å². The van der Waals surface area contributed by atoms with Gasteiger partial charge in [0.15, 0.2) is 0 Å². The molecule has 0 unspecified atom stereocenters. The van der Waals surface area contributed by atoms with Crippen molar-refractivity contribution in [3.05, 3.63) is 93.5 Å². The standard InChI is InChI=1S/C25H26N2O6S/c28-24-13-22(16-26-14-20-3-1-2-4-21(20)15-26)32-18-25(24)33-17-19-5-7-23(8-6-19)34(29,30)27-9-11-31-12-10-27/h1-8,13,18H,9-12,14-17H2. The fourth-order valence-electron chi connectivity index (χ4n) is 4.22. The number of nitrogens with zero attached hydrogens (tertiary/aromatic N) is 2. The first-order valence-corrected chi connectivity index (χ1v) is 12.6. The van der Waals surface area contributed by atoms with E-state index in [1.54, 1.807) is 24.3 Å². The Morgan fingerprint density at radius 2 is 1.62 bits per heavy atom. The largest absolute Gasteiger partial charge is 0.482 e. The van der Waals surface area contributed by atoms with Crippen molar-refractivity contribution in [3.63, 3.8) is 0 Å². The average Bonchev–Trinajstić information content (AvgIpc) is 3.27. The topological polar surface area (TPSA) is 89.3 Å². The molecule has 0 bridgehead atoms. The highest BCUT2D eigenvalue weighted by molar-refractivity contribution is 7.89.